The third kappa shape index (κ3) is 4.99. The summed E-state index contributed by atoms with van der Waals surface area (Å²) < 4.78 is 0. The molecule has 136 valence electrons. The number of anilines is 1. The molecule has 0 bridgehead atoms. The normalized spacial score (nSPS) is 11.1. The molecule has 2 N–H and O–H groups in total. The molecular weight excluding hydrogens is 380 g/mol. The van der Waals surface area contributed by atoms with E-state index in [1.807, 2.05) is 17.5 Å². The molecule has 0 saturated carbocycles. The number of carbonyl (C=O) groups is 3. The lowest BCUT2D eigenvalue weighted by molar-refractivity contribution is -0.113. The molecule has 2 heterocycles. The third-order valence-electron chi connectivity index (χ3n) is 3.59. The molecule has 0 fully saturated rings. The fourth-order valence-electron chi connectivity index (χ4n) is 2.28. The molecule has 5 nitrogen and oxygen atoms in total. The van der Waals surface area contributed by atoms with Gasteiger partial charge >= 0.3 is 0 Å². The van der Waals surface area contributed by atoms with Crippen LogP contribution in [-0.2, 0) is 4.79 Å². The minimum atomic E-state index is -0.464. The largest absolute Gasteiger partial charge is 0.321 e. The molecular formula is C20H16N2O3S2. The fourth-order valence-corrected chi connectivity index (χ4v) is 3.56. The maximum absolute atomic E-state index is 12.8. The van der Waals surface area contributed by atoms with Crippen molar-refractivity contribution >= 4 is 52.0 Å². The molecule has 1 aromatic carbocycles. The lowest BCUT2D eigenvalue weighted by atomic mass is 10.1. The van der Waals surface area contributed by atoms with E-state index in [0.717, 1.165) is 4.88 Å². The van der Waals surface area contributed by atoms with Gasteiger partial charge in [-0.3, -0.25) is 14.4 Å². The van der Waals surface area contributed by atoms with Crippen LogP contribution in [0.3, 0.4) is 0 Å². The summed E-state index contributed by atoms with van der Waals surface area (Å²) in [6, 6.07) is 13.8. The Bertz CT molecular complexity index is 990. The third-order valence-corrected chi connectivity index (χ3v) is 5.28. The van der Waals surface area contributed by atoms with Crippen molar-refractivity contribution in [2.24, 2.45) is 0 Å². The first kappa shape index (κ1) is 18.8. The molecule has 0 saturated heterocycles. The monoisotopic (exact) mass is 396 g/mol. The zero-order chi connectivity index (χ0) is 19.2. The number of rotatable bonds is 6. The van der Waals surface area contributed by atoms with E-state index >= 15 is 0 Å². The Morgan fingerprint density at radius 1 is 0.963 bits per heavy atom. The van der Waals surface area contributed by atoms with Gasteiger partial charge < -0.3 is 10.6 Å². The first-order valence-electron chi connectivity index (χ1n) is 8.05. The van der Waals surface area contributed by atoms with Crippen molar-refractivity contribution in [3.63, 3.8) is 0 Å². The van der Waals surface area contributed by atoms with Crippen molar-refractivity contribution in [3.8, 4) is 0 Å². The summed E-state index contributed by atoms with van der Waals surface area (Å²) in [5, 5.41) is 9.09. The van der Waals surface area contributed by atoms with E-state index in [1.54, 1.807) is 47.9 Å². The summed E-state index contributed by atoms with van der Waals surface area (Å²) in [6.45, 7) is 1.46. The smallest absolute Gasteiger partial charge is 0.272 e. The van der Waals surface area contributed by atoms with Gasteiger partial charge in [0.1, 0.15) is 5.70 Å². The molecule has 0 aliphatic rings. The summed E-state index contributed by atoms with van der Waals surface area (Å²) in [5.41, 5.74) is 1.11. The molecule has 0 atom stereocenters. The summed E-state index contributed by atoms with van der Waals surface area (Å²) in [5.74, 6) is -0.902. The quantitative estimate of drug-likeness (QED) is 0.478. The van der Waals surface area contributed by atoms with Crippen LogP contribution < -0.4 is 10.6 Å². The predicted octanol–water partition coefficient (Wildman–Crippen LogP) is 4.42. The molecule has 0 spiro atoms. The Morgan fingerprint density at radius 3 is 2.41 bits per heavy atom. The van der Waals surface area contributed by atoms with Crippen LogP contribution >= 0.6 is 22.7 Å². The summed E-state index contributed by atoms with van der Waals surface area (Å²) >= 11 is 2.75. The van der Waals surface area contributed by atoms with E-state index in [0.29, 0.717) is 16.1 Å². The number of thiophene rings is 2. The highest BCUT2D eigenvalue weighted by molar-refractivity contribution is 7.12. The fraction of sp³-hybridized carbons (Fsp3) is 0.0500. The van der Waals surface area contributed by atoms with E-state index in [1.165, 1.54) is 29.6 Å². The zero-order valence-electron chi connectivity index (χ0n) is 14.4. The topological polar surface area (TPSA) is 75.3 Å². The van der Waals surface area contributed by atoms with Gasteiger partial charge in [0.15, 0.2) is 5.78 Å². The highest BCUT2D eigenvalue weighted by Crippen LogP contribution is 2.17. The van der Waals surface area contributed by atoms with Crippen LogP contribution in [0.25, 0.3) is 6.08 Å². The number of Topliss-reactive ketones (excluding diaryl/α,β-unsaturated/α-hetero) is 1. The van der Waals surface area contributed by atoms with Crippen molar-refractivity contribution in [2.45, 2.75) is 6.92 Å². The number of benzene rings is 1. The molecule has 2 amide bonds. The molecule has 0 aliphatic carbocycles. The van der Waals surface area contributed by atoms with Gasteiger partial charge in [-0.15, -0.1) is 22.7 Å². The average Bonchev–Trinajstić information content (AvgIpc) is 3.35. The Labute approximate surface area is 164 Å². The van der Waals surface area contributed by atoms with Gasteiger partial charge in [0.25, 0.3) is 11.8 Å². The number of amides is 2. The molecule has 2 aromatic heterocycles. The molecule has 3 aromatic rings. The van der Waals surface area contributed by atoms with Crippen molar-refractivity contribution in [1.82, 2.24) is 5.32 Å². The standard InChI is InChI=1S/C20H16N2O3S2/c1-13(23)14-5-2-6-15(11-14)21-19(24)17(12-16-7-3-9-26-16)22-20(25)18-8-4-10-27-18/h2-12H,1H3,(H,21,24)(H,22,25). The molecule has 0 aliphatic heterocycles. The van der Waals surface area contributed by atoms with E-state index in [-0.39, 0.29) is 17.4 Å². The first-order chi connectivity index (χ1) is 13.0. The number of nitrogens with one attached hydrogen (secondary N) is 2. The van der Waals surface area contributed by atoms with Crippen molar-refractivity contribution < 1.29 is 14.4 Å². The summed E-state index contributed by atoms with van der Waals surface area (Å²) in [6.07, 6.45) is 1.63. The van der Waals surface area contributed by atoms with Crippen molar-refractivity contribution in [3.05, 3.63) is 80.3 Å². The van der Waals surface area contributed by atoms with Gasteiger partial charge in [-0.25, -0.2) is 0 Å². The van der Waals surface area contributed by atoms with Crippen molar-refractivity contribution in [2.75, 3.05) is 5.32 Å². The highest BCUT2D eigenvalue weighted by atomic mass is 32.1. The molecule has 7 heteroatoms. The van der Waals surface area contributed by atoms with Gasteiger partial charge in [0.05, 0.1) is 4.88 Å². The zero-order valence-corrected chi connectivity index (χ0v) is 16.0. The maximum Gasteiger partial charge on any atom is 0.272 e. The number of hydrogen-bond donors (Lipinski definition) is 2. The molecule has 0 radical (unpaired) electrons. The Kier molecular flexibility index (Phi) is 5.95. The van der Waals surface area contributed by atoms with Gasteiger partial charge in [-0.05, 0) is 48.0 Å². The van der Waals surface area contributed by atoms with Crippen molar-refractivity contribution in [1.29, 1.82) is 0 Å². The summed E-state index contributed by atoms with van der Waals surface area (Å²) in [7, 11) is 0. The van der Waals surface area contributed by atoms with Crippen LogP contribution in [0.1, 0.15) is 31.8 Å². The minimum Gasteiger partial charge on any atom is -0.321 e. The maximum atomic E-state index is 12.8. The van der Waals surface area contributed by atoms with Crippen LogP contribution in [0, 0.1) is 0 Å². The van der Waals surface area contributed by atoms with E-state index in [9.17, 15) is 14.4 Å². The minimum absolute atomic E-state index is 0.0913. The second kappa shape index (κ2) is 8.57. The average molecular weight is 396 g/mol. The van der Waals surface area contributed by atoms with Gasteiger partial charge in [-0.1, -0.05) is 24.3 Å². The predicted molar refractivity (Wildman–Crippen MR) is 109 cm³/mol. The number of carbonyl (C=O) groups excluding carboxylic acids is 3. The van der Waals surface area contributed by atoms with Crippen LogP contribution in [-0.4, -0.2) is 17.6 Å². The van der Waals surface area contributed by atoms with E-state index in [2.05, 4.69) is 10.6 Å². The van der Waals surface area contributed by atoms with Gasteiger partial charge in [-0.2, -0.15) is 0 Å². The Morgan fingerprint density at radius 2 is 1.74 bits per heavy atom. The van der Waals surface area contributed by atoms with Crippen LogP contribution in [0.5, 0.6) is 0 Å². The number of hydrogen-bond acceptors (Lipinski definition) is 5. The number of ketones is 1. The molecule has 3 rings (SSSR count). The first-order valence-corrected chi connectivity index (χ1v) is 9.81. The van der Waals surface area contributed by atoms with E-state index in [4.69, 9.17) is 0 Å². The van der Waals surface area contributed by atoms with Crippen LogP contribution in [0.15, 0.2) is 65.0 Å². The Hall–Kier alpha value is -3.03. The second-order valence-electron chi connectivity index (χ2n) is 5.60. The summed E-state index contributed by atoms with van der Waals surface area (Å²) in [4.78, 5) is 38.0. The van der Waals surface area contributed by atoms with Gasteiger partial charge in [0, 0.05) is 16.1 Å². The second-order valence-corrected chi connectivity index (χ2v) is 7.52. The van der Waals surface area contributed by atoms with Crippen LogP contribution in [0.2, 0.25) is 0 Å². The highest BCUT2D eigenvalue weighted by Gasteiger charge is 2.16. The van der Waals surface area contributed by atoms with Crippen LogP contribution in [0.4, 0.5) is 5.69 Å². The van der Waals surface area contributed by atoms with E-state index < -0.39 is 5.91 Å². The lowest BCUT2D eigenvalue weighted by Crippen LogP contribution is -2.30. The molecule has 0 unspecified atom stereocenters. The van der Waals surface area contributed by atoms with Gasteiger partial charge in [0.2, 0.25) is 0 Å². The SMILES string of the molecule is CC(=O)c1cccc(NC(=O)C(=Cc2cccs2)NC(=O)c2cccs2)c1. The lowest BCUT2D eigenvalue weighted by Gasteiger charge is -2.11. The molecule has 27 heavy (non-hydrogen) atoms. The Balaban J connectivity index is 1.83.